The highest BCUT2D eigenvalue weighted by atomic mass is 16.1. The first-order valence-corrected chi connectivity index (χ1v) is 10.4. The molecule has 2 heterocycles. The van der Waals surface area contributed by atoms with E-state index in [1.807, 2.05) is 72.8 Å². The smallest absolute Gasteiger partial charge is 0.197 e. The summed E-state index contributed by atoms with van der Waals surface area (Å²) in [4.78, 5) is 36.4. The van der Waals surface area contributed by atoms with Crippen molar-refractivity contribution in [2.75, 3.05) is 0 Å². The minimum absolute atomic E-state index is 0.0927. The van der Waals surface area contributed by atoms with Gasteiger partial charge in [0.05, 0.1) is 33.2 Å². The summed E-state index contributed by atoms with van der Waals surface area (Å²) in [6.45, 7) is 0. The van der Waals surface area contributed by atoms with E-state index in [1.165, 1.54) is 0 Å². The average molecular weight is 410 g/mol. The fourth-order valence-corrected chi connectivity index (χ4v) is 4.77. The topological polar surface area (TPSA) is 58.9 Å². The normalized spacial score (nSPS) is 13.6. The fraction of sp³-hybridized carbons (Fsp3) is 0. The monoisotopic (exact) mass is 410 g/mol. The summed E-state index contributed by atoms with van der Waals surface area (Å²) in [5, 5.41) is 4.94. The SMILES string of the molecule is O=C1c2ccc3ccccc3c2N=c2cc3c(cc21)=Nc1c(ccc2ccccc12)C3=O. The molecular formula is C28H14N2O2. The molecule has 0 amide bonds. The molecule has 32 heavy (non-hydrogen) atoms. The summed E-state index contributed by atoms with van der Waals surface area (Å²) in [6, 6.07) is 26.7. The molecule has 0 bridgehead atoms. The quantitative estimate of drug-likeness (QED) is 0.354. The first kappa shape index (κ1) is 17.3. The van der Waals surface area contributed by atoms with Crippen LogP contribution in [0.1, 0.15) is 31.8 Å². The molecule has 0 spiro atoms. The summed E-state index contributed by atoms with van der Waals surface area (Å²) in [5.41, 5.74) is 3.42. The first-order valence-electron chi connectivity index (χ1n) is 10.4. The van der Waals surface area contributed by atoms with E-state index in [9.17, 15) is 9.59 Å². The van der Waals surface area contributed by atoms with Crippen molar-refractivity contribution in [2.45, 2.75) is 0 Å². The van der Waals surface area contributed by atoms with Crippen LogP contribution in [-0.2, 0) is 0 Å². The average Bonchev–Trinajstić information content (AvgIpc) is 2.83. The molecule has 0 N–H and O–H groups in total. The highest BCUT2D eigenvalue weighted by Crippen LogP contribution is 2.35. The zero-order valence-electron chi connectivity index (χ0n) is 16.8. The van der Waals surface area contributed by atoms with Gasteiger partial charge < -0.3 is 0 Å². The summed E-state index contributed by atoms with van der Waals surface area (Å²) in [7, 11) is 0. The Morgan fingerprint density at radius 2 is 0.906 bits per heavy atom. The van der Waals surface area contributed by atoms with Crippen molar-refractivity contribution in [1.82, 2.24) is 0 Å². The fourth-order valence-electron chi connectivity index (χ4n) is 4.77. The number of carbonyl (C=O) groups is 2. The van der Waals surface area contributed by atoms with Crippen molar-refractivity contribution < 1.29 is 9.59 Å². The van der Waals surface area contributed by atoms with Crippen LogP contribution >= 0.6 is 0 Å². The molecule has 5 aromatic carbocycles. The Morgan fingerprint density at radius 3 is 1.38 bits per heavy atom. The molecule has 2 aliphatic rings. The van der Waals surface area contributed by atoms with E-state index in [0.717, 1.165) is 21.5 Å². The number of hydrogen-bond acceptors (Lipinski definition) is 4. The number of rotatable bonds is 0. The van der Waals surface area contributed by atoms with E-state index in [-0.39, 0.29) is 11.6 Å². The van der Waals surface area contributed by atoms with Crippen LogP contribution in [0.5, 0.6) is 0 Å². The zero-order valence-corrected chi connectivity index (χ0v) is 16.8. The van der Waals surface area contributed by atoms with Gasteiger partial charge >= 0.3 is 0 Å². The van der Waals surface area contributed by atoms with E-state index >= 15 is 0 Å². The van der Waals surface area contributed by atoms with Crippen LogP contribution < -0.4 is 10.7 Å². The standard InChI is InChI=1S/C28H14N2O2/c31-27-19-11-9-15-5-1-3-7-17(15)25(19)29-23-13-22-24(14-21(23)27)30-26-18-8-4-2-6-16(18)10-12-20(26)28(22)32/h1-14H. The van der Waals surface area contributed by atoms with Gasteiger partial charge in [0.1, 0.15) is 0 Å². The Morgan fingerprint density at radius 1 is 0.469 bits per heavy atom. The Bertz CT molecular complexity index is 1680. The van der Waals surface area contributed by atoms with Crippen molar-refractivity contribution in [3.63, 3.8) is 0 Å². The van der Waals surface area contributed by atoms with Gasteiger partial charge in [-0.15, -0.1) is 0 Å². The number of hydrogen-bond donors (Lipinski definition) is 0. The minimum atomic E-state index is -0.0927. The number of carbonyl (C=O) groups excluding carboxylic acids is 2. The lowest BCUT2D eigenvalue weighted by Gasteiger charge is -2.17. The second-order valence-electron chi connectivity index (χ2n) is 8.13. The molecule has 4 nitrogen and oxygen atoms in total. The summed E-state index contributed by atoms with van der Waals surface area (Å²) in [5.74, 6) is -0.185. The van der Waals surface area contributed by atoms with E-state index in [0.29, 0.717) is 44.3 Å². The predicted molar refractivity (Wildman–Crippen MR) is 123 cm³/mol. The van der Waals surface area contributed by atoms with Crippen LogP contribution in [0.3, 0.4) is 0 Å². The maximum absolute atomic E-state index is 13.4. The molecule has 5 aromatic rings. The molecule has 0 atom stereocenters. The van der Waals surface area contributed by atoms with E-state index in [2.05, 4.69) is 0 Å². The van der Waals surface area contributed by atoms with Crippen LogP contribution in [0.2, 0.25) is 0 Å². The Hall–Kier alpha value is -4.44. The molecule has 0 aromatic heterocycles. The molecule has 0 aliphatic carbocycles. The molecule has 0 unspecified atom stereocenters. The van der Waals surface area contributed by atoms with Crippen molar-refractivity contribution in [2.24, 2.45) is 9.98 Å². The predicted octanol–water partition coefficient (Wildman–Crippen LogP) is 4.98. The van der Waals surface area contributed by atoms with Crippen LogP contribution in [0.15, 0.2) is 94.9 Å². The molecule has 4 heteroatoms. The van der Waals surface area contributed by atoms with E-state index < -0.39 is 0 Å². The number of ketones is 2. The maximum atomic E-state index is 13.4. The molecule has 0 fully saturated rings. The molecular weight excluding hydrogens is 396 g/mol. The van der Waals surface area contributed by atoms with E-state index in [1.54, 1.807) is 12.1 Å². The van der Waals surface area contributed by atoms with Gasteiger partial charge in [-0.1, -0.05) is 60.7 Å². The van der Waals surface area contributed by atoms with Crippen molar-refractivity contribution in [3.05, 3.63) is 118 Å². The second kappa shape index (κ2) is 6.05. The molecule has 7 rings (SSSR count). The Balaban J connectivity index is 1.55. The van der Waals surface area contributed by atoms with Crippen LogP contribution in [0.25, 0.3) is 21.5 Å². The van der Waals surface area contributed by atoms with Crippen molar-refractivity contribution in [1.29, 1.82) is 0 Å². The molecule has 148 valence electrons. The third kappa shape index (κ3) is 2.21. The van der Waals surface area contributed by atoms with Crippen LogP contribution in [0, 0.1) is 0 Å². The van der Waals surface area contributed by atoms with Crippen molar-refractivity contribution >= 4 is 44.5 Å². The number of fused-ring (bicyclic) bond motifs is 8. The van der Waals surface area contributed by atoms with Gasteiger partial charge in [-0.2, -0.15) is 0 Å². The van der Waals surface area contributed by atoms with Gasteiger partial charge in [0.15, 0.2) is 11.6 Å². The highest BCUT2D eigenvalue weighted by molar-refractivity contribution is 6.19. The van der Waals surface area contributed by atoms with Gasteiger partial charge in [-0.3, -0.25) is 9.59 Å². The molecule has 0 saturated heterocycles. The first-order chi connectivity index (χ1) is 15.7. The van der Waals surface area contributed by atoms with E-state index in [4.69, 9.17) is 9.98 Å². The third-order valence-corrected chi connectivity index (χ3v) is 6.36. The largest absolute Gasteiger partial charge is 0.288 e. The lowest BCUT2D eigenvalue weighted by Crippen LogP contribution is -2.30. The summed E-state index contributed by atoms with van der Waals surface area (Å²) >= 11 is 0. The minimum Gasteiger partial charge on any atom is -0.288 e. The maximum Gasteiger partial charge on any atom is 0.197 e. The zero-order chi connectivity index (χ0) is 21.4. The van der Waals surface area contributed by atoms with Crippen molar-refractivity contribution in [3.8, 4) is 0 Å². The lowest BCUT2D eigenvalue weighted by atomic mass is 9.90. The van der Waals surface area contributed by atoms with Gasteiger partial charge in [-0.25, -0.2) is 9.98 Å². The van der Waals surface area contributed by atoms with Gasteiger partial charge in [-0.05, 0) is 35.0 Å². The van der Waals surface area contributed by atoms with Crippen LogP contribution in [-0.4, -0.2) is 11.6 Å². The molecule has 2 aliphatic heterocycles. The third-order valence-electron chi connectivity index (χ3n) is 6.36. The highest BCUT2D eigenvalue weighted by Gasteiger charge is 2.27. The van der Waals surface area contributed by atoms with Gasteiger partial charge in [0.2, 0.25) is 0 Å². The second-order valence-corrected chi connectivity index (χ2v) is 8.13. The Labute approximate surface area is 182 Å². The van der Waals surface area contributed by atoms with Gasteiger partial charge in [0, 0.05) is 21.9 Å². The Kier molecular flexibility index (Phi) is 3.26. The number of nitrogens with zero attached hydrogens (tertiary/aromatic N) is 2. The van der Waals surface area contributed by atoms with Crippen LogP contribution in [0.4, 0.5) is 11.4 Å². The summed E-state index contributed by atoms with van der Waals surface area (Å²) < 4.78 is 0. The summed E-state index contributed by atoms with van der Waals surface area (Å²) in [6.07, 6.45) is 0. The number of benzene rings is 5. The lowest BCUT2D eigenvalue weighted by molar-refractivity contribution is 0.102. The molecule has 0 saturated carbocycles. The van der Waals surface area contributed by atoms with Gasteiger partial charge in [0.25, 0.3) is 0 Å². The molecule has 0 radical (unpaired) electrons.